The Hall–Kier alpha value is -1.02. The van der Waals surface area contributed by atoms with Crippen molar-refractivity contribution in [3.63, 3.8) is 0 Å². The number of halogens is 1. The third-order valence-corrected chi connectivity index (χ3v) is 3.82. The molecule has 0 aliphatic rings. The lowest BCUT2D eigenvalue weighted by Gasteiger charge is -2.25. The first-order valence-electron chi connectivity index (χ1n) is 7.60. The van der Waals surface area contributed by atoms with Gasteiger partial charge in [-0.2, -0.15) is 0 Å². The van der Waals surface area contributed by atoms with E-state index >= 15 is 0 Å². The van der Waals surface area contributed by atoms with Crippen LogP contribution in [0.25, 0.3) is 0 Å². The van der Waals surface area contributed by atoms with Crippen molar-refractivity contribution >= 4 is 17.0 Å². The van der Waals surface area contributed by atoms with Crippen LogP contribution in [0.15, 0.2) is 30.3 Å². The van der Waals surface area contributed by atoms with E-state index in [1.807, 2.05) is 30.3 Å². The normalized spacial score (nSPS) is 13.8. The summed E-state index contributed by atoms with van der Waals surface area (Å²) in [4.78, 5) is 11.2. The highest BCUT2D eigenvalue weighted by molar-refractivity contribution is 6.61. The molecule has 20 heavy (non-hydrogen) atoms. The molecule has 1 rings (SSSR count). The fourth-order valence-corrected chi connectivity index (χ4v) is 2.68. The zero-order chi connectivity index (χ0) is 14.8. The molecule has 0 N–H and O–H groups in total. The van der Waals surface area contributed by atoms with Crippen molar-refractivity contribution < 1.29 is 9.53 Å². The molecule has 0 aromatic heterocycles. The second-order valence-electron chi connectivity index (χ2n) is 5.20. The van der Waals surface area contributed by atoms with Gasteiger partial charge < -0.3 is 4.74 Å². The second kappa shape index (κ2) is 9.82. The van der Waals surface area contributed by atoms with Crippen LogP contribution in [0.3, 0.4) is 0 Å². The number of hydrogen-bond acceptors (Lipinski definition) is 2. The van der Waals surface area contributed by atoms with Crippen LogP contribution in [0.5, 0.6) is 0 Å². The molecule has 0 aliphatic heterocycles. The largest absolute Gasteiger partial charge is 0.445 e. The molecule has 0 spiro atoms. The van der Waals surface area contributed by atoms with E-state index in [0.29, 0.717) is 5.92 Å². The van der Waals surface area contributed by atoms with Crippen LogP contribution in [0.1, 0.15) is 64.0 Å². The van der Waals surface area contributed by atoms with Crippen molar-refractivity contribution in [1.29, 1.82) is 0 Å². The molecule has 0 radical (unpaired) electrons. The van der Waals surface area contributed by atoms with E-state index in [2.05, 4.69) is 13.8 Å². The maximum Gasteiger partial charge on any atom is 0.404 e. The summed E-state index contributed by atoms with van der Waals surface area (Å²) in [6.45, 7) is 4.35. The van der Waals surface area contributed by atoms with E-state index in [0.717, 1.165) is 18.4 Å². The number of rotatable bonds is 9. The molecular weight excluding hydrogens is 272 g/mol. The number of hydrogen-bond donors (Lipinski definition) is 0. The van der Waals surface area contributed by atoms with Crippen LogP contribution in [-0.2, 0) is 4.74 Å². The van der Waals surface area contributed by atoms with Gasteiger partial charge in [0.2, 0.25) is 0 Å². The molecule has 0 bridgehead atoms. The molecule has 1 aromatic rings. The number of carbonyl (C=O) groups is 1. The molecule has 0 heterocycles. The SMILES string of the molecule is CCCCCCC(CC)C(OC(=O)Cl)c1ccccc1. The maximum absolute atomic E-state index is 11.2. The molecule has 2 atom stereocenters. The topological polar surface area (TPSA) is 26.3 Å². The lowest BCUT2D eigenvalue weighted by atomic mass is 9.88. The van der Waals surface area contributed by atoms with Crippen LogP contribution in [0, 0.1) is 5.92 Å². The molecule has 0 saturated heterocycles. The number of ether oxygens (including phenoxy) is 1. The van der Waals surface area contributed by atoms with E-state index in [9.17, 15) is 4.79 Å². The molecule has 0 aliphatic carbocycles. The van der Waals surface area contributed by atoms with Crippen LogP contribution >= 0.6 is 11.6 Å². The van der Waals surface area contributed by atoms with Crippen LogP contribution in [0.4, 0.5) is 4.79 Å². The minimum absolute atomic E-state index is 0.229. The summed E-state index contributed by atoms with van der Waals surface area (Å²) in [6, 6.07) is 9.89. The summed E-state index contributed by atoms with van der Waals surface area (Å²) in [5.74, 6) is 0.331. The van der Waals surface area contributed by atoms with Gasteiger partial charge in [0.1, 0.15) is 6.10 Å². The Morgan fingerprint density at radius 2 is 1.85 bits per heavy atom. The summed E-state index contributed by atoms with van der Waals surface area (Å²) < 4.78 is 5.37. The fraction of sp³-hybridized carbons (Fsp3) is 0.588. The summed E-state index contributed by atoms with van der Waals surface area (Å²) in [6.07, 6.45) is 6.74. The predicted octanol–water partition coefficient (Wildman–Crippen LogP) is 6.10. The van der Waals surface area contributed by atoms with Gasteiger partial charge in [0.25, 0.3) is 0 Å². The number of unbranched alkanes of at least 4 members (excludes halogenated alkanes) is 3. The Kier molecular flexibility index (Phi) is 8.36. The molecule has 0 fully saturated rings. The van der Waals surface area contributed by atoms with E-state index < -0.39 is 5.43 Å². The minimum atomic E-state index is -0.717. The monoisotopic (exact) mass is 296 g/mol. The van der Waals surface area contributed by atoms with Gasteiger partial charge in [-0.25, -0.2) is 4.79 Å². The van der Waals surface area contributed by atoms with Crippen LogP contribution in [0.2, 0.25) is 0 Å². The maximum atomic E-state index is 11.2. The first-order chi connectivity index (χ1) is 9.69. The highest BCUT2D eigenvalue weighted by Gasteiger charge is 2.24. The molecule has 112 valence electrons. The van der Waals surface area contributed by atoms with Crippen LogP contribution < -0.4 is 0 Å². The third kappa shape index (κ3) is 5.96. The van der Waals surface area contributed by atoms with Gasteiger partial charge in [0.15, 0.2) is 0 Å². The lowest BCUT2D eigenvalue weighted by Crippen LogP contribution is -2.17. The van der Waals surface area contributed by atoms with Crippen molar-refractivity contribution in [2.75, 3.05) is 0 Å². The lowest BCUT2D eigenvalue weighted by molar-refractivity contribution is 0.0732. The first-order valence-corrected chi connectivity index (χ1v) is 7.97. The molecule has 1 aromatic carbocycles. The molecule has 0 saturated carbocycles. The highest BCUT2D eigenvalue weighted by atomic mass is 35.5. The van der Waals surface area contributed by atoms with E-state index in [1.165, 1.54) is 25.7 Å². The molecule has 0 amide bonds. The first kappa shape index (κ1) is 17.0. The van der Waals surface area contributed by atoms with Gasteiger partial charge in [-0.05, 0) is 18.4 Å². The average molecular weight is 297 g/mol. The van der Waals surface area contributed by atoms with Gasteiger partial charge in [-0.3, -0.25) is 0 Å². The quantitative estimate of drug-likeness (QED) is 0.406. The molecule has 2 nitrogen and oxygen atoms in total. The number of benzene rings is 1. The molecule has 3 heteroatoms. The van der Waals surface area contributed by atoms with Crippen molar-refractivity contribution in [2.45, 2.75) is 58.5 Å². The summed E-state index contributed by atoms with van der Waals surface area (Å²) in [7, 11) is 0. The van der Waals surface area contributed by atoms with Crippen molar-refractivity contribution in [3.8, 4) is 0 Å². The van der Waals surface area contributed by atoms with Gasteiger partial charge in [-0.15, -0.1) is 0 Å². The van der Waals surface area contributed by atoms with Crippen LogP contribution in [-0.4, -0.2) is 5.43 Å². The Balaban J connectivity index is 2.71. The average Bonchev–Trinajstić information content (AvgIpc) is 2.46. The minimum Gasteiger partial charge on any atom is -0.445 e. The van der Waals surface area contributed by atoms with Crippen molar-refractivity contribution in [1.82, 2.24) is 0 Å². The predicted molar refractivity (Wildman–Crippen MR) is 84.1 cm³/mol. The Labute approximate surface area is 127 Å². The van der Waals surface area contributed by atoms with Crippen molar-refractivity contribution in [2.24, 2.45) is 5.92 Å². The van der Waals surface area contributed by atoms with E-state index in [1.54, 1.807) is 0 Å². The summed E-state index contributed by atoms with van der Waals surface area (Å²) >= 11 is 5.45. The van der Waals surface area contributed by atoms with Gasteiger partial charge in [0, 0.05) is 17.5 Å². The Morgan fingerprint density at radius 3 is 2.40 bits per heavy atom. The summed E-state index contributed by atoms with van der Waals surface area (Å²) in [5.41, 5.74) is 0.315. The fourth-order valence-electron chi connectivity index (χ4n) is 2.58. The molecule has 2 unspecified atom stereocenters. The van der Waals surface area contributed by atoms with Gasteiger partial charge >= 0.3 is 5.43 Å². The second-order valence-corrected chi connectivity index (χ2v) is 5.51. The van der Waals surface area contributed by atoms with Crippen molar-refractivity contribution in [3.05, 3.63) is 35.9 Å². The smallest absolute Gasteiger partial charge is 0.404 e. The van der Waals surface area contributed by atoms with E-state index in [-0.39, 0.29) is 6.10 Å². The third-order valence-electron chi connectivity index (χ3n) is 3.73. The standard InChI is InChI=1S/C17H25ClO2/c1-3-5-6-8-11-14(4-2)16(20-17(18)19)15-12-9-7-10-13-15/h7,9-10,12-14,16H,3-6,8,11H2,1-2H3. The number of carbonyl (C=O) groups excluding carboxylic acids is 1. The highest BCUT2D eigenvalue weighted by Crippen LogP contribution is 2.33. The zero-order valence-corrected chi connectivity index (χ0v) is 13.2. The zero-order valence-electron chi connectivity index (χ0n) is 12.5. The van der Waals surface area contributed by atoms with Gasteiger partial charge in [-0.1, -0.05) is 69.9 Å². The Bertz CT molecular complexity index is 378. The molecular formula is C17H25ClO2. The Morgan fingerprint density at radius 1 is 1.15 bits per heavy atom. The van der Waals surface area contributed by atoms with E-state index in [4.69, 9.17) is 16.3 Å². The van der Waals surface area contributed by atoms with Gasteiger partial charge in [0.05, 0.1) is 0 Å². The summed E-state index contributed by atoms with van der Waals surface area (Å²) in [5, 5.41) is 0.